The topological polar surface area (TPSA) is 95.9 Å². The molecule has 0 aliphatic heterocycles. The minimum atomic E-state index is -3.57. The summed E-state index contributed by atoms with van der Waals surface area (Å²) in [4.78, 5) is 0. The smallest absolute Gasteiger partial charge is 0.264 e. The Hall–Kier alpha value is -0.210. The Kier molecular flexibility index (Phi) is 7.86. The number of rotatable bonds is 9. The first-order valence-electron chi connectivity index (χ1n) is 5.28. The summed E-state index contributed by atoms with van der Waals surface area (Å²) in [5.41, 5.74) is 0. The van der Waals surface area contributed by atoms with Gasteiger partial charge in [-0.1, -0.05) is 13.3 Å². The van der Waals surface area contributed by atoms with Crippen LogP contribution in [0.1, 0.15) is 19.8 Å². The maximum atomic E-state index is 10.6. The van der Waals surface area contributed by atoms with Crippen LogP contribution in [-0.2, 0) is 14.3 Å². The van der Waals surface area contributed by atoms with Crippen LogP contribution in [0.15, 0.2) is 0 Å². The van der Waals surface area contributed by atoms with Gasteiger partial charge in [0.15, 0.2) is 0 Å². The Bertz CT molecular complexity index is 267. The summed E-state index contributed by atoms with van der Waals surface area (Å²) in [5.74, 6) is 0. The first-order valence-corrected chi connectivity index (χ1v) is 7.09. The van der Waals surface area contributed by atoms with E-state index in [1.807, 2.05) is 6.92 Å². The fourth-order valence-electron chi connectivity index (χ4n) is 0.992. The van der Waals surface area contributed by atoms with Gasteiger partial charge in [0.25, 0.3) is 10.1 Å². The van der Waals surface area contributed by atoms with Crippen LogP contribution in [0.4, 0.5) is 0 Å². The molecule has 0 heterocycles. The highest BCUT2D eigenvalue weighted by Crippen LogP contribution is 1.97. The molecule has 0 spiro atoms. The number of unbranched alkanes of at least 4 members (excludes halogenated alkanes) is 1. The highest BCUT2D eigenvalue weighted by atomic mass is 32.2. The molecule has 0 radical (unpaired) electrons. The lowest BCUT2D eigenvalue weighted by atomic mass is 10.2. The van der Waals surface area contributed by atoms with E-state index >= 15 is 0 Å². The molecule has 98 valence electrons. The molecule has 3 N–H and O–H groups in total. The Labute approximate surface area is 96.7 Å². The van der Waals surface area contributed by atoms with Crippen LogP contribution in [0, 0.1) is 0 Å². The van der Waals surface area contributed by atoms with Gasteiger partial charge in [0, 0.05) is 6.54 Å². The maximum Gasteiger partial charge on any atom is 0.264 e. The van der Waals surface area contributed by atoms with Gasteiger partial charge in [0.1, 0.15) is 6.10 Å². The molecule has 2 atom stereocenters. The first kappa shape index (κ1) is 15.8. The molecule has 0 aliphatic rings. The van der Waals surface area contributed by atoms with Crippen LogP contribution >= 0.6 is 0 Å². The van der Waals surface area contributed by atoms with Crippen molar-refractivity contribution in [3.8, 4) is 0 Å². The average molecular weight is 255 g/mol. The lowest BCUT2D eigenvalue weighted by molar-refractivity contribution is -0.00506. The normalized spacial score (nSPS) is 16.0. The van der Waals surface area contributed by atoms with Gasteiger partial charge in [0.05, 0.1) is 19.0 Å². The van der Waals surface area contributed by atoms with E-state index in [2.05, 4.69) is 9.50 Å². The van der Waals surface area contributed by atoms with Gasteiger partial charge in [-0.15, -0.1) is 0 Å². The monoisotopic (exact) mass is 255 g/mol. The van der Waals surface area contributed by atoms with Crippen molar-refractivity contribution in [2.45, 2.75) is 32.0 Å². The highest BCUT2D eigenvalue weighted by molar-refractivity contribution is 7.85. The van der Waals surface area contributed by atoms with Gasteiger partial charge in [-0.05, 0) is 13.0 Å². The third kappa shape index (κ3) is 9.05. The van der Waals surface area contributed by atoms with Crippen LogP contribution in [0.25, 0.3) is 0 Å². The Morgan fingerprint density at radius 3 is 2.44 bits per heavy atom. The Morgan fingerprint density at radius 2 is 1.94 bits per heavy atom. The summed E-state index contributed by atoms with van der Waals surface area (Å²) >= 11 is 0. The van der Waals surface area contributed by atoms with Crippen molar-refractivity contribution in [1.29, 1.82) is 0 Å². The Balaban J connectivity index is 3.69. The van der Waals surface area contributed by atoms with Crippen molar-refractivity contribution in [2.24, 2.45) is 0 Å². The van der Waals surface area contributed by atoms with Gasteiger partial charge >= 0.3 is 0 Å². The maximum absolute atomic E-state index is 10.6. The summed E-state index contributed by atoms with van der Waals surface area (Å²) in [6.45, 7) is 2.60. The van der Waals surface area contributed by atoms with Gasteiger partial charge in [-0.3, -0.25) is 4.18 Å². The molecule has 6 nitrogen and oxygen atoms in total. The zero-order valence-electron chi connectivity index (χ0n) is 9.72. The summed E-state index contributed by atoms with van der Waals surface area (Å²) in [5, 5.41) is 21.7. The summed E-state index contributed by atoms with van der Waals surface area (Å²) in [6, 6.07) is 0. The van der Waals surface area contributed by atoms with Crippen LogP contribution in [0.3, 0.4) is 0 Å². The number of aliphatic hydroxyl groups excluding tert-OH is 2. The van der Waals surface area contributed by atoms with Crippen molar-refractivity contribution in [3.63, 3.8) is 0 Å². The molecule has 0 aromatic carbocycles. The number of hydrogen-bond donors (Lipinski definition) is 3. The first-order chi connectivity index (χ1) is 7.37. The quantitative estimate of drug-likeness (QED) is 0.364. The summed E-state index contributed by atoms with van der Waals surface area (Å²) < 4.78 is 25.6. The molecule has 7 heteroatoms. The van der Waals surface area contributed by atoms with E-state index < -0.39 is 28.9 Å². The number of aliphatic hydroxyl groups is 2. The molecule has 0 saturated heterocycles. The molecule has 2 unspecified atom stereocenters. The van der Waals surface area contributed by atoms with E-state index in [0.29, 0.717) is 0 Å². The largest absolute Gasteiger partial charge is 0.389 e. The van der Waals surface area contributed by atoms with E-state index in [1.165, 1.54) is 0 Å². The van der Waals surface area contributed by atoms with E-state index in [4.69, 9.17) is 0 Å². The Morgan fingerprint density at radius 1 is 1.31 bits per heavy atom. The van der Waals surface area contributed by atoms with E-state index in [-0.39, 0.29) is 6.54 Å². The fourth-order valence-corrected chi connectivity index (χ4v) is 1.38. The summed E-state index contributed by atoms with van der Waals surface area (Å²) in [7, 11) is -3.57. The zero-order chi connectivity index (χ0) is 12.6. The number of hydrogen-bond acceptors (Lipinski definition) is 6. The van der Waals surface area contributed by atoms with Gasteiger partial charge in [-0.25, -0.2) is 0 Å². The second-order valence-corrected chi connectivity index (χ2v) is 5.32. The average Bonchev–Trinajstić information content (AvgIpc) is 2.19. The lowest BCUT2D eigenvalue weighted by Crippen LogP contribution is -2.39. The summed E-state index contributed by atoms with van der Waals surface area (Å²) in [6.07, 6.45) is 0.694. The van der Waals surface area contributed by atoms with Crippen LogP contribution in [0.5, 0.6) is 0 Å². The van der Waals surface area contributed by atoms with Crippen molar-refractivity contribution in [2.75, 3.05) is 26.0 Å². The molecular weight excluding hydrogens is 234 g/mol. The molecule has 0 saturated carbocycles. The lowest BCUT2D eigenvalue weighted by Gasteiger charge is -2.17. The standard InChI is InChI=1S/C9H21NO5S/c1-3-4-5-10-6-8(11)9(12)7-15-16(2,13)14/h8-12H,3-7H2,1-2H3. The second-order valence-electron chi connectivity index (χ2n) is 3.68. The van der Waals surface area contributed by atoms with E-state index in [1.54, 1.807) is 0 Å². The van der Waals surface area contributed by atoms with Crippen molar-refractivity contribution < 1.29 is 22.8 Å². The third-order valence-electron chi connectivity index (χ3n) is 1.96. The van der Waals surface area contributed by atoms with Crippen LogP contribution in [0.2, 0.25) is 0 Å². The molecule has 0 aliphatic carbocycles. The molecule has 0 fully saturated rings. The minimum absolute atomic E-state index is 0.217. The van der Waals surface area contributed by atoms with Gasteiger partial charge < -0.3 is 15.5 Å². The molecule has 0 aromatic rings. The van der Waals surface area contributed by atoms with Crippen molar-refractivity contribution >= 4 is 10.1 Å². The second kappa shape index (κ2) is 7.97. The zero-order valence-corrected chi connectivity index (χ0v) is 10.5. The third-order valence-corrected chi connectivity index (χ3v) is 2.52. The molecule has 16 heavy (non-hydrogen) atoms. The predicted molar refractivity (Wildman–Crippen MR) is 60.6 cm³/mol. The molecule has 0 bridgehead atoms. The predicted octanol–water partition coefficient (Wildman–Crippen LogP) is -0.926. The van der Waals surface area contributed by atoms with Gasteiger partial charge in [-0.2, -0.15) is 8.42 Å². The van der Waals surface area contributed by atoms with Gasteiger partial charge in [0.2, 0.25) is 0 Å². The molecule has 0 amide bonds. The van der Waals surface area contributed by atoms with E-state index in [9.17, 15) is 18.6 Å². The molecular formula is C9H21NO5S. The highest BCUT2D eigenvalue weighted by Gasteiger charge is 2.18. The fraction of sp³-hybridized carbons (Fsp3) is 1.00. The van der Waals surface area contributed by atoms with E-state index in [0.717, 1.165) is 25.6 Å². The molecule has 0 aromatic heterocycles. The number of nitrogens with one attached hydrogen (secondary N) is 1. The minimum Gasteiger partial charge on any atom is -0.389 e. The van der Waals surface area contributed by atoms with Crippen LogP contribution in [-0.4, -0.2) is 56.8 Å². The van der Waals surface area contributed by atoms with Crippen molar-refractivity contribution in [3.05, 3.63) is 0 Å². The van der Waals surface area contributed by atoms with Crippen LogP contribution < -0.4 is 5.32 Å². The SMILES string of the molecule is CCCCNCC(O)C(O)COS(C)(=O)=O. The van der Waals surface area contributed by atoms with Crippen molar-refractivity contribution in [1.82, 2.24) is 5.32 Å². The molecule has 0 rings (SSSR count).